The number of nitrogen functional groups attached to an aromatic ring is 1. The number of nitrogens with one attached hydrogen (secondary N) is 1. The largest absolute Gasteiger partial charge is 0.399 e. The molecule has 0 amide bonds. The Kier molecular flexibility index (Phi) is 5.41. The summed E-state index contributed by atoms with van der Waals surface area (Å²) in [7, 11) is 0. The summed E-state index contributed by atoms with van der Waals surface area (Å²) in [6, 6.07) is 28.1. The zero-order chi connectivity index (χ0) is 14.9. The van der Waals surface area contributed by atoms with E-state index in [4.69, 9.17) is 5.73 Å². The molecule has 0 atom stereocenters. The summed E-state index contributed by atoms with van der Waals surface area (Å²) in [6.07, 6.45) is 0. The fraction of sp³-hybridized carbons (Fsp3) is 0.0526. The standard InChI is InChI=1S/C12H11N.C7H9N/c1-3-7-11(8-4-1)13-12-9-5-2-6-10-12;1-6-4-2-3-5-7(6)8/h1-10,13H;2-5H,8H2,1H3. The molecule has 0 aliphatic heterocycles. The van der Waals surface area contributed by atoms with Crippen LogP contribution in [0.4, 0.5) is 17.1 Å². The normalized spacial score (nSPS) is 9.38. The lowest BCUT2D eigenvalue weighted by Crippen LogP contribution is -1.87. The molecule has 106 valence electrons. The van der Waals surface area contributed by atoms with E-state index in [0.29, 0.717) is 0 Å². The van der Waals surface area contributed by atoms with Crippen molar-refractivity contribution >= 4 is 17.1 Å². The van der Waals surface area contributed by atoms with Crippen LogP contribution < -0.4 is 11.1 Å². The van der Waals surface area contributed by atoms with Gasteiger partial charge < -0.3 is 11.1 Å². The molecule has 21 heavy (non-hydrogen) atoms. The van der Waals surface area contributed by atoms with Crippen molar-refractivity contribution in [2.45, 2.75) is 6.92 Å². The molecular weight excluding hydrogens is 256 g/mol. The molecule has 3 aromatic rings. The van der Waals surface area contributed by atoms with Gasteiger partial charge in [-0.1, -0.05) is 54.6 Å². The van der Waals surface area contributed by atoms with Crippen molar-refractivity contribution in [2.24, 2.45) is 0 Å². The summed E-state index contributed by atoms with van der Waals surface area (Å²) in [6.45, 7) is 2.00. The lowest BCUT2D eigenvalue weighted by Gasteiger charge is -2.04. The number of hydrogen-bond acceptors (Lipinski definition) is 2. The fourth-order valence-electron chi connectivity index (χ4n) is 1.80. The van der Waals surface area contributed by atoms with Gasteiger partial charge in [0.1, 0.15) is 0 Å². The predicted octanol–water partition coefficient (Wildman–Crippen LogP) is 5.01. The van der Waals surface area contributed by atoms with Gasteiger partial charge in [0.2, 0.25) is 0 Å². The second kappa shape index (κ2) is 7.75. The van der Waals surface area contributed by atoms with Gasteiger partial charge in [0.15, 0.2) is 0 Å². The van der Waals surface area contributed by atoms with E-state index in [9.17, 15) is 0 Å². The number of nitrogens with two attached hydrogens (primary N) is 1. The number of hydrogen-bond donors (Lipinski definition) is 2. The van der Waals surface area contributed by atoms with Crippen LogP contribution in [0.15, 0.2) is 84.9 Å². The van der Waals surface area contributed by atoms with Crippen molar-refractivity contribution in [2.75, 3.05) is 11.1 Å². The van der Waals surface area contributed by atoms with Gasteiger partial charge in [-0.05, 0) is 42.8 Å². The van der Waals surface area contributed by atoms with Crippen molar-refractivity contribution < 1.29 is 0 Å². The molecular formula is C19H20N2. The van der Waals surface area contributed by atoms with E-state index in [1.807, 2.05) is 91.9 Å². The zero-order valence-electron chi connectivity index (χ0n) is 12.2. The van der Waals surface area contributed by atoms with Gasteiger partial charge >= 0.3 is 0 Å². The molecule has 2 heteroatoms. The Morgan fingerprint density at radius 3 is 1.43 bits per heavy atom. The maximum absolute atomic E-state index is 5.52. The number of anilines is 3. The molecule has 2 nitrogen and oxygen atoms in total. The van der Waals surface area contributed by atoms with Gasteiger partial charge in [-0.2, -0.15) is 0 Å². The summed E-state index contributed by atoms with van der Waals surface area (Å²) < 4.78 is 0. The van der Waals surface area contributed by atoms with Crippen molar-refractivity contribution in [1.82, 2.24) is 0 Å². The highest BCUT2D eigenvalue weighted by Gasteiger charge is 1.90. The minimum absolute atomic E-state index is 0.868. The highest BCUT2D eigenvalue weighted by atomic mass is 14.9. The van der Waals surface area contributed by atoms with Crippen LogP contribution in [-0.2, 0) is 0 Å². The van der Waals surface area contributed by atoms with Gasteiger partial charge in [0.25, 0.3) is 0 Å². The van der Waals surface area contributed by atoms with Gasteiger partial charge in [0, 0.05) is 17.1 Å². The monoisotopic (exact) mass is 276 g/mol. The van der Waals surface area contributed by atoms with Crippen molar-refractivity contribution in [3.8, 4) is 0 Å². The van der Waals surface area contributed by atoms with Crippen LogP contribution in [0, 0.1) is 6.92 Å². The Morgan fingerprint density at radius 1 is 0.619 bits per heavy atom. The third kappa shape index (κ3) is 5.03. The maximum Gasteiger partial charge on any atom is 0.0384 e. The van der Waals surface area contributed by atoms with Crippen LogP contribution >= 0.6 is 0 Å². The number of benzene rings is 3. The Balaban J connectivity index is 0.000000173. The molecule has 0 unspecified atom stereocenters. The molecule has 0 aliphatic carbocycles. The van der Waals surface area contributed by atoms with E-state index >= 15 is 0 Å². The van der Waals surface area contributed by atoms with Crippen molar-refractivity contribution in [1.29, 1.82) is 0 Å². The average molecular weight is 276 g/mol. The summed E-state index contributed by atoms with van der Waals surface area (Å²) in [5, 5.41) is 3.30. The molecule has 0 heterocycles. The smallest absolute Gasteiger partial charge is 0.0384 e. The molecule has 3 N–H and O–H groups in total. The van der Waals surface area contributed by atoms with E-state index in [1.165, 1.54) is 0 Å². The minimum Gasteiger partial charge on any atom is -0.399 e. The van der Waals surface area contributed by atoms with Crippen LogP contribution in [0.1, 0.15) is 5.56 Å². The molecule has 0 spiro atoms. The van der Waals surface area contributed by atoms with E-state index in [-0.39, 0.29) is 0 Å². The van der Waals surface area contributed by atoms with E-state index in [0.717, 1.165) is 22.6 Å². The Hall–Kier alpha value is -2.74. The second-order valence-corrected chi connectivity index (χ2v) is 4.71. The Bertz CT molecular complexity index is 590. The molecule has 0 saturated carbocycles. The number of rotatable bonds is 2. The lowest BCUT2D eigenvalue weighted by atomic mass is 10.2. The molecule has 3 aromatic carbocycles. The third-order valence-corrected chi connectivity index (χ3v) is 3.02. The predicted molar refractivity (Wildman–Crippen MR) is 91.8 cm³/mol. The average Bonchev–Trinajstić information content (AvgIpc) is 2.53. The molecule has 0 fully saturated rings. The van der Waals surface area contributed by atoms with Crippen LogP contribution in [0.5, 0.6) is 0 Å². The first kappa shape index (κ1) is 14.7. The molecule has 3 rings (SSSR count). The van der Waals surface area contributed by atoms with E-state index in [2.05, 4.69) is 5.32 Å². The molecule has 0 bridgehead atoms. The quantitative estimate of drug-likeness (QED) is 0.646. The van der Waals surface area contributed by atoms with E-state index < -0.39 is 0 Å². The topological polar surface area (TPSA) is 38.0 Å². The zero-order valence-corrected chi connectivity index (χ0v) is 12.2. The first-order valence-corrected chi connectivity index (χ1v) is 6.94. The van der Waals surface area contributed by atoms with Crippen molar-refractivity contribution in [3.05, 3.63) is 90.5 Å². The summed E-state index contributed by atoms with van der Waals surface area (Å²) in [5.74, 6) is 0. The summed E-state index contributed by atoms with van der Waals surface area (Å²) >= 11 is 0. The molecule has 0 radical (unpaired) electrons. The SMILES string of the molecule is Cc1ccccc1N.c1ccc(Nc2ccccc2)cc1. The number of aryl methyl sites for hydroxylation is 1. The first-order valence-electron chi connectivity index (χ1n) is 6.94. The lowest BCUT2D eigenvalue weighted by molar-refractivity contribution is 1.47. The van der Waals surface area contributed by atoms with Crippen molar-refractivity contribution in [3.63, 3.8) is 0 Å². The highest BCUT2D eigenvalue weighted by molar-refractivity contribution is 5.58. The van der Waals surface area contributed by atoms with Crippen LogP contribution in [-0.4, -0.2) is 0 Å². The fourth-order valence-corrected chi connectivity index (χ4v) is 1.80. The minimum atomic E-state index is 0.868. The first-order chi connectivity index (χ1) is 10.3. The molecule has 0 aromatic heterocycles. The van der Waals surface area contributed by atoms with Gasteiger partial charge in [-0.25, -0.2) is 0 Å². The van der Waals surface area contributed by atoms with Gasteiger partial charge in [0.05, 0.1) is 0 Å². The van der Waals surface area contributed by atoms with Crippen LogP contribution in [0.25, 0.3) is 0 Å². The third-order valence-electron chi connectivity index (χ3n) is 3.02. The second-order valence-electron chi connectivity index (χ2n) is 4.71. The molecule has 0 saturated heterocycles. The van der Waals surface area contributed by atoms with Crippen LogP contribution in [0.2, 0.25) is 0 Å². The molecule has 0 aliphatic rings. The highest BCUT2D eigenvalue weighted by Crippen LogP contribution is 2.14. The number of para-hydroxylation sites is 3. The van der Waals surface area contributed by atoms with Gasteiger partial charge in [-0.3, -0.25) is 0 Å². The van der Waals surface area contributed by atoms with E-state index in [1.54, 1.807) is 0 Å². The summed E-state index contributed by atoms with van der Waals surface area (Å²) in [5.41, 5.74) is 9.77. The maximum atomic E-state index is 5.52. The van der Waals surface area contributed by atoms with Gasteiger partial charge in [-0.15, -0.1) is 0 Å². The Labute approximate surface area is 126 Å². The van der Waals surface area contributed by atoms with Crippen LogP contribution in [0.3, 0.4) is 0 Å². The Morgan fingerprint density at radius 2 is 1.05 bits per heavy atom. The summed E-state index contributed by atoms with van der Waals surface area (Å²) in [4.78, 5) is 0.